The number of aliphatic hydroxyl groups is 1. The number of hydrogen-bond acceptors (Lipinski definition) is 6. The van der Waals surface area contributed by atoms with E-state index in [1.165, 1.54) is 11.1 Å². The van der Waals surface area contributed by atoms with Crippen molar-refractivity contribution in [1.29, 1.82) is 0 Å². The number of aliphatic hydroxyl groups excluding tert-OH is 1. The molecule has 1 atom stereocenters. The van der Waals surface area contributed by atoms with E-state index in [0.29, 0.717) is 23.8 Å². The highest BCUT2D eigenvalue weighted by atomic mass is 16.3. The van der Waals surface area contributed by atoms with Crippen molar-refractivity contribution in [3.8, 4) is 0 Å². The molecule has 3 heterocycles. The van der Waals surface area contributed by atoms with E-state index >= 15 is 0 Å². The maximum atomic E-state index is 9.72. The molecule has 7 nitrogen and oxygen atoms in total. The molecule has 1 aliphatic heterocycles. The van der Waals surface area contributed by atoms with E-state index in [1.807, 2.05) is 6.92 Å². The highest BCUT2D eigenvalue weighted by molar-refractivity contribution is 5.83. The minimum atomic E-state index is -0.0782. The van der Waals surface area contributed by atoms with E-state index in [2.05, 4.69) is 49.1 Å². The maximum absolute atomic E-state index is 9.72. The normalized spacial score (nSPS) is 18.1. The van der Waals surface area contributed by atoms with Crippen LogP contribution in [0.15, 0.2) is 24.3 Å². The smallest absolute Gasteiger partial charge is 0.227 e. The fraction of sp³-hybridized carbons (Fsp3) is 0.450. The van der Waals surface area contributed by atoms with Crippen LogP contribution in [0.3, 0.4) is 0 Å². The van der Waals surface area contributed by atoms with Crippen molar-refractivity contribution in [3.05, 3.63) is 41.2 Å². The Labute approximate surface area is 158 Å². The van der Waals surface area contributed by atoms with Crippen LogP contribution in [0.25, 0.3) is 11.2 Å². The molecule has 142 valence electrons. The summed E-state index contributed by atoms with van der Waals surface area (Å²) in [6, 6.07) is 8.64. The Bertz CT molecular complexity index is 951. The van der Waals surface area contributed by atoms with Crippen LogP contribution >= 0.6 is 0 Å². The SMILES string of the molecule is Cc1nc2c(N)nc3nc2n1Cc1cccc(c1)CCCCCC(CO)N3. The van der Waals surface area contributed by atoms with Gasteiger partial charge in [0.25, 0.3) is 0 Å². The lowest BCUT2D eigenvalue weighted by molar-refractivity contribution is 0.266. The van der Waals surface area contributed by atoms with Crippen LogP contribution in [-0.4, -0.2) is 37.3 Å². The van der Waals surface area contributed by atoms with Crippen molar-refractivity contribution in [1.82, 2.24) is 19.5 Å². The van der Waals surface area contributed by atoms with Gasteiger partial charge in [0, 0.05) is 0 Å². The summed E-state index contributed by atoms with van der Waals surface area (Å²) in [6.07, 6.45) is 5.27. The van der Waals surface area contributed by atoms with E-state index < -0.39 is 0 Å². The summed E-state index contributed by atoms with van der Waals surface area (Å²) < 4.78 is 2.07. The Balaban J connectivity index is 1.81. The van der Waals surface area contributed by atoms with Crippen LogP contribution in [0, 0.1) is 6.92 Å². The zero-order valence-electron chi connectivity index (χ0n) is 15.6. The standard InChI is InChI=1S/C20H26N6O/c1-13-22-17-18(21)24-20-23-16(12-27)9-4-2-3-6-14-7-5-8-15(10-14)11-26(13)19(17)25-20/h5,7-8,10,16,27H,2-4,6,9,11-12H2,1H3,(H3,21,23,24,25). The Morgan fingerprint density at radius 1 is 1.19 bits per heavy atom. The largest absolute Gasteiger partial charge is 0.394 e. The van der Waals surface area contributed by atoms with Gasteiger partial charge in [-0.3, -0.25) is 0 Å². The Kier molecular flexibility index (Phi) is 4.94. The lowest BCUT2D eigenvalue weighted by Crippen LogP contribution is -2.25. The van der Waals surface area contributed by atoms with Gasteiger partial charge in [-0.2, -0.15) is 9.97 Å². The first-order valence-corrected chi connectivity index (χ1v) is 9.59. The molecule has 0 amide bonds. The maximum Gasteiger partial charge on any atom is 0.227 e. The summed E-state index contributed by atoms with van der Waals surface area (Å²) in [4.78, 5) is 13.6. The lowest BCUT2D eigenvalue weighted by Gasteiger charge is -2.16. The van der Waals surface area contributed by atoms with E-state index in [9.17, 15) is 5.11 Å². The third-order valence-electron chi connectivity index (χ3n) is 5.22. The Morgan fingerprint density at radius 2 is 2.04 bits per heavy atom. The molecule has 3 aromatic rings. The predicted molar refractivity (Wildman–Crippen MR) is 107 cm³/mol. The molecule has 1 aliphatic rings. The van der Waals surface area contributed by atoms with Crippen LogP contribution in [0.2, 0.25) is 0 Å². The van der Waals surface area contributed by atoms with Gasteiger partial charge in [-0.15, -0.1) is 0 Å². The van der Waals surface area contributed by atoms with Crippen LogP contribution in [-0.2, 0) is 13.0 Å². The number of benzene rings is 1. The number of imidazole rings is 1. The molecule has 0 spiro atoms. The number of nitrogens with one attached hydrogen (secondary N) is 1. The zero-order valence-corrected chi connectivity index (χ0v) is 15.6. The summed E-state index contributed by atoms with van der Waals surface area (Å²) >= 11 is 0. The van der Waals surface area contributed by atoms with Crippen LogP contribution in [0.5, 0.6) is 0 Å². The fourth-order valence-corrected chi connectivity index (χ4v) is 3.74. The van der Waals surface area contributed by atoms with Gasteiger partial charge in [0.2, 0.25) is 5.95 Å². The molecule has 4 rings (SSSR count). The number of rotatable bonds is 1. The minimum Gasteiger partial charge on any atom is -0.394 e. The van der Waals surface area contributed by atoms with Gasteiger partial charge in [-0.25, -0.2) is 4.98 Å². The number of anilines is 2. The number of nitrogens with two attached hydrogens (primary N) is 1. The van der Waals surface area contributed by atoms with Crippen molar-refractivity contribution in [3.63, 3.8) is 0 Å². The molecule has 2 aromatic heterocycles. The molecule has 0 fully saturated rings. The molecular formula is C20H26N6O. The van der Waals surface area contributed by atoms with Crippen molar-refractivity contribution in [2.45, 2.75) is 51.6 Å². The molecule has 0 radical (unpaired) electrons. The fourth-order valence-electron chi connectivity index (χ4n) is 3.74. The van der Waals surface area contributed by atoms with Gasteiger partial charge in [0.1, 0.15) is 5.82 Å². The van der Waals surface area contributed by atoms with Crippen molar-refractivity contribution >= 4 is 22.9 Å². The third-order valence-corrected chi connectivity index (χ3v) is 5.22. The van der Waals surface area contributed by atoms with E-state index in [4.69, 9.17) is 5.73 Å². The molecular weight excluding hydrogens is 340 g/mol. The highest BCUT2D eigenvalue weighted by Crippen LogP contribution is 2.23. The lowest BCUT2D eigenvalue weighted by atomic mass is 10.0. The number of fused-ring (bicyclic) bond motifs is 3. The number of nitrogen functional groups attached to an aromatic ring is 1. The van der Waals surface area contributed by atoms with E-state index in [-0.39, 0.29) is 12.6 Å². The third kappa shape index (κ3) is 3.73. The van der Waals surface area contributed by atoms with Crippen molar-refractivity contribution < 1.29 is 5.11 Å². The van der Waals surface area contributed by atoms with Crippen LogP contribution in [0.4, 0.5) is 11.8 Å². The molecule has 4 N–H and O–H groups in total. The number of nitrogens with zero attached hydrogens (tertiary/aromatic N) is 4. The van der Waals surface area contributed by atoms with Gasteiger partial charge in [0.05, 0.1) is 19.2 Å². The minimum absolute atomic E-state index is 0.0420. The second-order valence-corrected chi connectivity index (χ2v) is 7.29. The summed E-state index contributed by atoms with van der Waals surface area (Å²) in [6.45, 7) is 2.69. The number of aryl methyl sites for hydroxylation is 2. The van der Waals surface area contributed by atoms with Crippen LogP contribution < -0.4 is 11.1 Å². The Hall–Kier alpha value is -2.67. The van der Waals surface area contributed by atoms with E-state index in [0.717, 1.165) is 43.6 Å². The predicted octanol–water partition coefficient (Wildman–Crippen LogP) is 2.65. The average molecular weight is 366 g/mol. The van der Waals surface area contributed by atoms with Gasteiger partial charge in [-0.1, -0.05) is 37.1 Å². The van der Waals surface area contributed by atoms with E-state index in [1.54, 1.807) is 0 Å². The second kappa shape index (κ2) is 7.52. The Morgan fingerprint density at radius 3 is 2.89 bits per heavy atom. The summed E-state index contributed by atoms with van der Waals surface area (Å²) in [5, 5.41) is 13.0. The highest BCUT2D eigenvalue weighted by Gasteiger charge is 2.17. The molecule has 0 saturated carbocycles. The first kappa shape index (κ1) is 17.7. The molecule has 0 aliphatic carbocycles. The summed E-state index contributed by atoms with van der Waals surface area (Å²) in [5.74, 6) is 1.67. The quantitative estimate of drug-likeness (QED) is 0.612. The zero-order chi connectivity index (χ0) is 18.8. The second-order valence-electron chi connectivity index (χ2n) is 7.29. The van der Waals surface area contributed by atoms with Gasteiger partial charge in [-0.05, 0) is 37.3 Å². The van der Waals surface area contributed by atoms with Gasteiger partial charge in [0.15, 0.2) is 17.0 Å². The molecule has 4 bridgehead atoms. The molecule has 27 heavy (non-hydrogen) atoms. The molecule has 1 unspecified atom stereocenters. The van der Waals surface area contributed by atoms with Gasteiger partial charge >= 0.3 is 0 Å². The van der Waals surface area contributed by atoms with Gasteiger partial charge < -0.3 is 20.7 Å². The summed E-state index contributed by atoms with van der Waals surface area (Å²) in [5.41, 5.74) is 10.1. The van der Waals surface area contributed by atoms with Crippen molar-refractivity contribution in [2.24, 2.45) is 0 Å². The molecule has 7 heteroatoms. The topological polar surface area (TPSA) is 102 Å². The first-order chi connectivity index (χ1) is 13.1. The molecule has 0 saturated heterocycles. The first-order valence-electron chi connectivity index (χ1n) is 9.59. The van der Waals surface area contributed by atoms with Crippen molar-refractivity contribution in [2.75, 3.05) is 17.7 Å². The summed E-state index contributed by atoms with van der Waals surface area (Å²) in [7, 11) is 0. The van der Waals surface area contributed by atoms with Crippen LogP contribution in [0.1, 0.15) is 42.6 Å². The average Bonchev–Trinajstić information content (AvgIpc) is 2.96. The number of aromatic nitrogens is 4. The number of hydrogen-bond donors (Lipinski definition) is 3. The monoisotopic (exact) mass is 366 g/mol. The molecule has 1 aromatic carbocycles.